The van der Waals surface area contributed by atoms with E-state index in [0.29, 0.717) is 15.6 Å². The first kappa shape index (κ1) is 9.43. The molecule has 0 radical (unpaired) electrons. The summed E-state index contributed by atoms with van der Waals surface area (Å²) in [6.45, 7) is 1.98. The zero-order chi connectivity index (χ0) is 10.1. The Morgan fingerprint density at radius 2 is 2.07 bits per heavy atom. The molecule has 0 aliphatic heterocycles. The van der Waals surface area contributed by atoms with E-state index in [2.05, 4.69) is 15.2 Å². The minimum atomic E-state index is 0.442. The largest absolute Gasteiger partial charge is 0.282 e. The van der Waals surface area contributed by atoms with E-state index in [0.717, 1.165) is 11.1 Å². The van der Waals surface area contributed by atoms with Crippen LogP contribution in [0.15, 0.2) is 18.2 Å². The number of nitrogens with zero attached hydrogens (tertiary/aromatic N) is 1. The van der Waals surface area contributed by atoms with E-state index in [1.54, 1.807) is 0 Å². The van der Waals surface area contributed by atoms with Gasteiger partial charge in [-0.3, -0.25) is 10.2 Å². The normalized spacial score (nSPS) is 10.4. The maximum atomic E-state index is 5.93. The highest BCUT2D eigenvalue weighted by Gasteiger charge is 2.02. The number of aryl methyl sites for hydroxylation is 1. The molecule has 0 unspecified atom stereocenters. The van der Waals surface area contributed by atoms with Crippen LogP contribution >= 0.6 is 23.8 Å². The fraction of sp³-hybridized carbons (Fsp3) is 0.111. The highest BCUT2D eigenvalue weighted by molar-refractivity contribution is 7.71. The van der Waals surface area contributed by atoms with Crippen LogP contribution in [0.5, 0.6) is 0 Å². The average molecular weight is 226 g/mol. The minimum Gasteiger partial charge on any atom is -0.282 e. The summed E-state index contributed by atoms with van der Waals surface area (Å²) >= 11 is 10.8. The standard InChI is InChI=1S/C9H8ClN3S/c1-5-2-6(4-7(10)3-5)8-11-9(14)13-12-8/h2-4H,1H3,(H2,11,12,13,14). The van der Waals surface area contributed by atoms with E-state index in [-0.39, 0.29) is 0 Å². The number of hydrogen-bond acceptors (Lipinski definition) is 2. The lowest BCUT2D eigenvalue weighted by molar-refractivity contribution is 1.08. The van der Waals surface area contributed by atoms with Crippen LogP contribution in [0.4, 0.5) is 0 Å². The van der Waals surface area contributed by atoms with Crippen molar-refractivity contribution in [2.45, 2.75) is 6.92 Å². The molecule has 0 spiro atoms. The number of aromatic nitrogens is 3. The topological polar surface area (TPSA) is 44.5 Å². The van der Waals surface area contributed by atoms with Crippen molar-refractivity contribution in [3.05, 3.63) is 33.6 Å². The molecular formula is C9H8ClN3S. The minimum absolute atomic E-state index is 0.442. The van der Waals surface area contributed by atoms with E-state index < -0.39 is 0 Å². The first-order chi connectivity index (χ1) is 6.65. The molecular weight excluding hydrogens is 218 g/mol. The second-order valence-corrected chi connectivity index (χ2v) is 3.86. The Morgan fingerprint density at radius 1 is 1.29 bits per heavy atom. The number of rotatable bonds is 1. The molecule has 0 amide bonds. The summed E-state index contributed by atoms with van der Waals surface area (Å²) < 4.78 is 0.442. The molecule has 1 heterocycles. The van der Waals surface area contributed by atoms with Crippen molar-refractivity contribution < 1.29 is 0 Å². The van der Waals surface area contributed by atoms with Gasteiger partial charge in [-0.25, -0.2) is 0 Å². The summed E-state index contributed by atoms with van der Waals surface area (Å²) in [4.78, 5) is 4.11. The van der Waals surface area contributed by atoms with Crippen molar-refractivity contribution >= 4 is 23.8 Å². The Balaban J connectivity index is 2.56. The Labute approximate surface area is 91.1 Å². The number of aromatic amines is 2. The maximum Gasteiger partial charge on any atom is 0.213 e. The van der Waals surface area contributed by atoms with Crippen LogP contribution in [0.25, 0.3) is 11.4 Å². The first-order valence-electron chi connectivity index (χ1n) is 4.07. The van der Waals surface area contributed by atoms with Gasteiger partial charge in [-0.2, -0.15) is 4.98 Å². The van der Waals surface area contributed by atoms with Crippen LogP contribution in [-0.2, 0) is 0 Å². The fourth-order valence-electron chi connectivity index (χ4n) is 1.28. The van der Waals surface area contributed by atoms with E-state index >= 15 is 0 Å². The molecule has 0 aliphatic carbocycles. The van der Waals surface area contributed by atoms with Crippen LogP contribution in [0.1, 0.15) is 5.56 Å². The van der Waals surface area contributed by atoms with Gasteiger partial charge in [0.2, 0.25) is 4.77 Å². The van der Waals surface area contributed by atoms with Gasteiger partial charge in [0.1, 0.15) is 0 Å². The lowest BCUT2D eigenvalue weighted by atomic mass is 10.1. The summed E-state index contributed by atoms with van der Waals surface area (Å²) in [7, 11) is 0. The van der Waals surface area contributed by atoms with Crippen molar-refractivity contribution in [2.24, 2.45) is 0 Å². The molecule has 1 aromatic carbocycles. The van der Waals surface area contributed by atoms with E-state index in [9.17, 15) is 0 Å². The molecule has 2 N–H and O–H groups in total. The van der Waals surface area contributed by atoms with Gasteiger partial charge in [-0.15, -0.1) is 0 Å². The first-order valence-corrected chi connectivity index (χ1v) is 4.86. The third-order valence-corrected chi connectivity index (χ3v) is 2.23. The fourth-order valence-corrected chi connectivity index (χ4v) is 1.71. The van der Waals surface area contributed by atoms with Crippen molar-refractivity contribution in [2.75, 3.05) is 0 Å². The van der Waals surface area contributed by atoms with Gasteiger partial charge < -0.3 is 0 Å². The molecule has 1 aromatic heterocycles. The van der Waals surface area contributed by atoms with Gasteiger partial charge in [-0.05, 0) is 42.9 Å². The lowest BCUT2D eigenvalue weighted by Gasteiger charge is -1.99. The number of nitrogens with one attached hydrogen (secondary N) is 2. The summed E-state index contributed by atoms with van der Waals surface area (Å²) in [6, 6.07) is 5.73. The van der Waals surface area contributed by atoms with Crippen molar-refractivity contribution in [1.29, 1.82) is 0 Å². The SMILES string of the molecule is Cc1cc(Cl)cc(-c2nc(=S)[nH][nH]2)c1. The van der Waals surface area contributed by atoms with Gasteiger partial charge in [0.05, 0.1) is 0 Å². The van der Waals surface area contributed by atoms with Gasteiger partial charge in [-0.1, -0.05) is 11.6 Å². The highest BCUT2D eigenvalue weighted by atomic mass is 35.5. The number of hydrogen-bond donors (Lipinski definition) is 2. The Hall–Kier alpha value is -1.13. The molecule has 0 bridgehead atoms. The summed E-state index contributed by atoms with van der Waals surface area (Å²) in [6.07, 6.45) is 0. The molecule has 14 heavy (non-hydrogen) atoms. The molecule has 72 valence electrons. The predicted octanol–water partition coefficient (Wildman–Crippen LogP) is 3.10. The monoisotopic (exact) mass is 225 g/mol. The van der Waals surface area contributed by atoms with Crippen LogP contribution in [-0.4, -0.2) is 15.2 Å². The van der Waals surface area contributed by atoms with Crippen molar-refractivity contribution in [3.8, 4) is 11.4 Å². The quantitative estimate of drug-likeness (QED) is 0.733. The van der Waals surface area contributed by atoms with Crippen molar-refractivity contribution in [1.82, 2.24) is 15.2 Å². The smallest absolute Gasteiger partial charge is 0.213 e. The molecule has 2 rings (SSSR count). The molecule has 0 saturated carbocycles. The Kier molecular flexibility index (Phi) is 2.39. The summed E-state index contributed by atoms with van der Waals surface area (Å²) in [5.74, 6) is 0.709. The Morgan fingerprint density at radius 3 is 2.64 bits per heavy atom. The molecule has 5 heteroatoms. The van der Waals surface area contributed by atoms with Crippen LogP contribution in [0.3, 0.4) is 0 Å². The number of H-pyrrole nitrogens is 2. The molecule has 0 atom stereocenters. The van der Waals surface area contributed by atoms with Crippen LogP contribution in [0, 0.1) is 11.7 Å². The van der Waals surface area contributed by atoms with Crippen LogP contribution < -0.4 is 0 Å². The van der Waals surface area contributed by atoms with Gasteiger partial charge in [0.15, 0.2) is 5.82 Å². The highest BCUT2D eigenvalue weighted by Crippen LogP contribution is 2.21. The predicted molar refractivity (Wildman–Crippen MR) is 59.0 cm³/mol. The lowest BCUT2D eigenvalue weighted by Crippen LogP contribution is -1.82. The molecule has 2 aromatic rings. The average Bonchev–Trinajstić information content (AvgIpc) is 2.50. The summed E-state index contributed by atoms with van der Waals surface area (Å²) in [5.41, 5.74) is 2.03. The molecule has 0 aliphatic rings. The van der Waals surface area contributed by atoms with Crippen LogP contribution in [0.2, 0.25) is 5.02 Å². The molecule has 3 nitrogen and oxygen atoms in total. The second-order valence-electron chi connectivity index (χ2n) is 3.03. The zero-order valence-corrected chi connectivity index (χ0v) is 9.04. The zero-order valence-electron chi connectivity index (χ0n) is 7.47. The maximum absolute atomic E-state index is 5.93. The Bertz CT molecular complexity index is 495. The number of halogens is 1. The van der Waals surface area contributed by atoms with Gasteiger partial charge >= 0.3 is 0 Å². The second kappa shape index (κ2) is 3.55. The summed E-state index contributed by atoms with van der Waals surface area (Å²) in [5, 5.41) is 6.32. The third kappa shape index (κ3) is 1.86. The molecule has 0 saturated heterocycles. The number of benzene rings is 1. The van der Waals surface area contributed by atoms with Gasteiger partial charge in [0.25, 0.3) is 0 Å². The molecule has 0 fully saturated rings. The van der Waals surface area contributed by atoms with E-state index in [1.807, 2.05) is 25.1 Å². The van der Waals surface area contributed by atoms with E-state index in [4.69, 9.17) is 23.8 Å². The van der Waals surface area contributed by atoms with E-state index in [1.165, 1.54) is 0 Å². The van der Waals surface area contributed by atoms with Gasteiger partial charge in [0, 0.05) is 10.6 Å². The third-order valence-electron chi connectivity index (χ3n) is 1.82. The van der Waals surface area contributed by atoms with Crippen molar-refractivity contribution in [3.63, 3.8) is 0 Å².